The number of oxime groups is 1. The SMILES string of the molecule is CCC(=O)O/N=C1/CC2(CCN(C)CC2)OC1C.O=C(O)/C=C\C(=O)O. The number of carbonyl (C=O) groups excluding carboxylic acids is 1. The van der Waals surface area contributed by atoms with Gasteiger partial charge in [-0.05, 0) is 26.8 Å². The smallest absolute Gasteiger partial charge is 0.334 e. The predicted octanol–water partition coefficient (Wildman–Crippen LogP) is 1.28. The fraction of sp³-hybridized carbons (Fsp3) is 0.647. The van der Waals surface area contributed by atoms with E-state index < -0.39 is 11.9 Å². The molecule has 2 N–H and O–H groups in total. The summed E-state index contributed by atoms with van der Waals surface area (Å²) in [6, 6.07) is 0. The van der Waals surface area contributed by atoms with Crippen molar-refractivity contribution in [3.05, 3.63) is 12.2 Å². The summed E-state index contributed by atoms with van der Waals surface area (Å²) >= 11 is 0. The largest absolute Gasteiger partial charge is 0.478 e. The molecule has 0 saturated carbocycles. The highest BCUT2D eigenvalue weighted by Gasteiger charge is 2.44. The molecule has 0 amide bonds. The van der Waals surface area contributed by atoms with Crippen LogP contribution in [0.25, 0.3) is 0 Å². The minimum Gasteiger partial charge on any atom is -0.478 e. The van der Waals surface area contributed by atoms with Crippen molar-refractivity contribution < 1.29 is 34.2 Å². The Bertz CT molecular complexity index is 562. The van der Waals surface area contributed by atoms with Gasteiger partial charge in [-0.15, -0.1) is 0 Å². The number of likely N-dealkylation sites (tertiary alicyclic amines) is 1. The molecule has 2 aliphatic rings. The molecule has 1 spiro atoms. The maximum Gasteiger partial charge on any atom is 0.334 e. The molecule has 2 heterocycles. The zero-order valence-corrected chi connectivity index (χ0v) is 15.3. The molecule has 26 heavy (non-hydrogen) atoms. The number of piperidine rings is 1. The number of carboxylic acids is 2. The number of ether oxygens (including phenoxy) is 1. The molecule has 2 rings (SSSR count). The molecule has 0 aromatic heterocycles. The van der Waals surface area contributed by atoms with E-state index in [9.17, 15) is 14.4 Å². The number of hydrogen-bond acceptors (Lipinski definition) is 7. The van der Waals surface area contributed by atoms with Gasteiger partial charge >= 0.3 is 17.9 Å². The van der Waals surface area contributed by atoms with Crippen LogP contribution >= 0.6 is 0 Å². The van der Waals surface area contributed by atoms with E-state index in [0.29, 0.717) is 18.6 Å². The first-order valence-corrected chi connectivity index (χ1v) is 8.44. The molecular weight excluding hydrogens is 344 g/mol. The van der Waals surface area contributed by atoms with Gasteiger partial charge in [-0.1, -0.05) is 12.1 Å². The van der Waals surface area contributed by atoms with E-state index in [1.165, 1.54) is 0 Å². The van der Waals surface area contributed by atoms with Gasteiger partial charge in [0.15, 0.2) is 0 Å². The average Bonchev–Trinajstić information content (AvgIpc) is 2.90. The van der Waals surface area contributed by atoms with Crippen molar-refractivity contribution in [2.45, 2.75) is 51.2 Å². The monoisotopic (exact) mass is 370 g/mol. The topological polar surface area (TPSA) is 126 Å². The number of carboxylic acid groups (broad SMARTS) is 2. The van der Waals surface area contributed by atoms with E-state index in [0.717, 1.165) is 38.1 Å². The Morgan fingerprint density at radius 1 is 1.27 bits per heavy atom. The Labute approximate surface area is 152 Å². The molecule has 9 nitrogen and oxygen atoms in total. The van der Waals surface area contributed by atoms with Gasteiger partial charge in [-0.25, -0.2) is 14.4 Å². The minimum absolute atomic E-state index is 0.0435. The third kappa shape index (κ3) is 7.32. The van der Waals surface area contributed by atoms with Gasteiger partial charge in [0, 0.05) is 38.1 Å². The van der Waals surface area contributed by atoms with Gasteiger partial charge in [-0.3, -0.25) is 0 Å². The molecule has 9 heteroatoms. The fourth-order valence-electron chi connectivity index (χ4n) is 2.70. The lowest BCUT2D eigenvalue weighted by Crippen LogP contribution is -2.42. The van der Waals surface area contributed by atoms with Crippen molar-refractivity contribution in [3.63, 3.8) is 0 Å². The Balaban J connectivity index is 0.000000359. The lowest BCUT2D eigenvalue weighted by Gasteiger charge is -2.36. The molecule has 1 atom stereocenters. The molecule has 0 bridgehead atoms. The van der Waals surface area contributed by atoms with Crippen LogP contribution in [0.4, 0.5) is 0 Å². The highest BCUT2D eigenvalue weighted by molar-refractivity contribution is 5.91. The van der Waals surface area contributed by atoms with Crippen molar-refractivity contribution >= 4 is 23.6 Å². The second kappa shape index (κ2) is 10.0. The van der Waals surface area contributed by atoms with Crippen molar-refractivity contribution in [2.24, 2.45) is 5.16 Å². The first-order valence-electron chi connectivity index (χ1n) is 8.44. The van der Waals surface area contributed by atoms with Crippen LogP contribution in [0.15, 0.2) is 17.3 Å². The Hall–Kier alpha value is -2.26. The van der Waals surface area contributed by atoms with Gasteiger partial charge < -0.3 is 24.7 Å². The van der Waals surface area contributed by atoms with Gasteiger partial charge in [0.05, 0.1) is 17.4 Å². The number of carbonyl (C=O) groups is 3. The molecule has 2 saturated heterocycles. The Morgan fingerprint density at radius 3 is 2.27 bits per heavy atom. The highest BCUT2D eigenvalue weighted by atomic mass is 16.7. The second-order valence-corrected chi connectivity index (χ2v) is 6.33. The summed E-state index contributed by atoms with van der Waals surface area (Å²) in [6.07, 6.45) is 4.26. The van der Waals surface area contributed by atoms with Crippen molar-refractivity contribution in [1.82, 2.24) is 4.90 Å². The standard InChI is InChI=1S/C13H22N2O3.C4H4O4/c1-4-12(16)18-14-11-9-13(17-10(11)2)5-7-15(3)8-6-13;5-3(6)1-2-4(7)8/h10H,4-9H2,1-3H3;1-2H,(H,5,6)(H,7,8)/b14-11-;2-1-. The number of aliphatic carboxylic acids is 2. The fourth-order valence-corrected chi connectivity index (χ4v) is 2.70. The summed E-state index contributed by atoms with van der Waals surface area (Å²) in [5.74, 6) is -2.81. The lowest BCUT2D eigenvalue weighted by atomic mass is 9.88. The van der Waals surface area contributed by atoms with E-state index in [2.05, 4.69) is 17.1 Å². The molecule has 0 aliphatic carbocycles. The van der Waals surface area contributed by atoms with Crippen molar-refractivity contribution in [1.29, 1.82) is 0 Å². The Kier molecular flexibility index (Phi) is 8.40. The highest BCUT2D eigenvalue weighted by Crippen LogP contribution is 2.37. The van der Waals surface area contributed by atoms with Gasteiger partial charge in [-0.2, -0.15) is 0 Å². The molecule has 0 aromatic carbocycles. The van der Waals surface area contributed by atoms with E-state index >= 15 is 0 Å². The predicted molar refractivity (Wildman–Crippen MR) is 92.9 cm³/mol. The summed E-state index contributed by atoms with van der Waals surface area (Å²) in [5.41, 5.74) is 0.782. The summed E-state index contributed by atoms with van der Waals surface area (Å²) in [6.45, 7) is 5.84. The van der Waals surface area contributed by atoms with Crippen LogP contribution in [0, 0.1) is 0 Å². The third-order valence-electron chi connectivity index (χ3n) is 4.22. The first kappa shape index (κ1) is 21.8. The molecule has 0 aromatic rings. The lowest BCUT2D eigenvalue weighted by molar-refractivity contribution is -0.143. The minimum atomic E-state index is -1.26. The van der Waals surface area contributed by atoms with E-state index in [1.54, 1.807) is 6.92 Å². The van der Waals surface area contributed by atoms with Crippen LogP contribution < -0.4 is 0 Å². The summed E-state index contributed by atoms with van der Waals surface area (Å²) in [5, 5.41) is 19.6. The zero-order chi connectivity index (χ0) is 19.7. The van der Waals surface area contributed by atoms with Crippen LogP contribution in [-0.4, -0.2) is 70.6 Å². The van der Waals surface area contributed by atoms with Crippen LogP contribution in [0.1, 0.15) is 39.5 Å². The normalized spacial score (nSPS) is 23.7. The summed E-state index contributed by atoms with van der Waals surface area (Å²) in [7, 11) is 2.13. The third-order valence-corrected chi connectivity index (χ3v) is 4.22. The van der Waals surface area contributed by atoms with E-state index in [-0.39, 0.29) is 17.7 Å². The Morgan fingerprint density at radius 2 is 1.81 bits per heavy atom. The molecule has 2 aliphatic heterocycles. The average molecular weight is 370 g/mol. The van der Waals surface area contributed by atoms with Gasteiger partial charge in [0.2, 0.25) is 0 Å². The number of rotatable bonds is 4. The molecular formula is C17H26N2O7. The second-order valence-electron chi connectivity index (χ2n) is 6.33. The van der Waals surface area contributed by atoms with E-state index in [4.69, 9.17) is 19.8 Å². The van der Waals surface area contributed by atoms with Gasteiger partial charge in [0.25, 0.3) is 0 Å². The quantitative estimate of drug-likeness (QED) is 0.431. The van der Waals surface area contributed by atoms with E-state index in [1.807, 2.05) is 6.92 Å². The van der Waals surface area contributed by atoms with Crippen molar-refractivity contribution in [3.8, 4) is 0 Å². The van der Waals surface area contributed by atoms with Crippen LogP contribution in [0.2, 0.25) is 0 Å². The first-order chi connectivity index (χ1) is 12.2. The maximum absolute atomic E-state index is 11.1. The number of hydrogen-bond donors (Lipinski definition) is 2. The van der Waals surface area contributed by atoms with Crippen molar-refractivity contribution in [2.75, 3.05) is 20.1 Å². The molecule has 2 fully saturated rings. The zero-order valence-electron chi connectivity index (χ0n) is 15.3. The number of nitrogens with zero attached hydrogens (tertiary/aromatic N) is 2. The molecule has 0 radical (unpaired) electrons. The summed E-state index contributed by atoms with van der Waals surface area (Å²) < 4.78 is 6.07. The van der Waals surface area contributed by atoms with Gasteiger partial charge in [0.1, 0.15) is 0 Å². The molecule has 1 unspecified atom stereocenters. The van der Waals surface area contributed by atoms with Crippen LogP contribution in [-0.2, 0) is 24.0 Å². The van der Waals surface area contributed by atoms with Crippen LogP contribution in [0.5, 0.6) is 0 Å². The summed E-state index contributed by atoms with van der Waals surface area (Å²) in [4.78, 5) is 37.4. The maximum atomic E-state index is 11.1. The molecule has 146 valence electrons. The van der Waals surface area contributed by atoms with Crippen LogP contribution in [0.3, 0.4) is 0 Å².